The van der Waals surface area contributed by atoms with Gasteiger partial charge in [0.25, 0.3) is 0 Å². The summed E-state index contributed by atoms with van der Waals surface area (Å²) in [5, 5.41) is 2.71. The van der Waals surface area contributed by atoms with Crippen LogP contribution in [0.25, 0.3) is 0 Å². The molecular weight excluding hydrogens is 262 g/mol. The van der Waals surface area contributed by atoms with Crippen LogP contribution in [0.5, 0.6) is 5.75 Å². The minimum absolute atomic E-state index is 0.143. The van der Waals surface area contributed by atoms with E-state index < -0.39 is 0 Å². The number of hydrogen-bond acceptors (Lipinski definition) is 2. The van der Waals surface area contributed by atoms with Crippen molar-refractivity contribution in [2.45, 2.75) is 18.9 Å². The molecule has 108 valence electrons. The van der Waals surface area contributed by atoms with Gasteiger partial charge in [-0.15, -0.1) is 0 Å². The van der Waals surface area contributed by atoms with Crippen molar-refractivity contribution in [2.24, 2.45) is 5.92 Å². The molecule has 0 saturated heterocycles. The third kappa shape index (κ3) is 3.24. The number of ether oxygens (including phenoxy) is 1. The number of amides is 1. The van der Waals surface area contributed by atoms with Crippen molar-refractivity contribution in [3.63, 3.8) is 0 Å². The molecule has 1 N–H and O–H groups in total. The third-order valence-electron chi connectivity index (χ3n) is 3.93. The van der Waals surface area contributed by atoms with E-state index in [4.69, 9.17) is 4.74 Å². The first-order valence-electron chi connectivity index (χ1n) is 7.26. The van der Waals surface area contributed by atoms with Gasteiger partial charge in [-0.2, -0.15) is 0 Å². The van der Waals surface area contributed by atoms with Gasteiger partial charge in [-0.1, -0.05) is 42.5 Å². The van der Waals surface area contributed by atoms with Crippen molar-refractivity contribution in [3.8, 4) is 5.75 Å². The van der Waals surface area contributed by atoms with E-state index in [1.807, 2.05) is 42.5 Å². The first-order chi connectivity index (χ1) is 10.3. The fourth-order valence-electron chi connectivity index (χ4n) is 2.59. The second-order valence-electron chi connectivity index (χ2n) is 5.41. The predicted octanol–water partition coefficient (Wildman–Crippen LogP) is 3.12. The summed E-state index contributed by atoms with van der Waals surface area (Å²) in [6.07, 6.45) is 0.948. The largest absolute Gasteiger partial charge is 0.489 e. The lowest BCUT2D eigenvalue weighted by Gasteiger charge is -2.07. The van der Waals surface area contributed by atoms with Crippen LogP contribution in [0.3, 0.4) is 0 Å². The number of nitrogens with one attached hydrogen (secondary N) is 1. The molecule has 1 aliphatic carbocycles. The smallest absolute Gasteiger partial charge is 0.223 e. The van der Waals surface area contributed by atoms with Crippen LogP contribution in [0.15, 0.2) is 54.6 Å². The Labute approximate surface area is 124 Å². The average molecular weight is 281 g/mol. The Morgan fingerprint density at radius 1 is 1.14 bits per heavy atom. The zero-order valence-electron chi connectivity index (χ0n) is 12.1. The van der Waals surface area contributed by atoms with Gasteiger partial charge in [0, 0.05) is 13.0 Å². The summed E-state index contributed by atoms with van der Waals surface area (Å²) >= 11 is 0. The second-order valence-corrected chi connectivity index (χ2v) is 5.41. The Morgan fingerprint density at radius 2 is 1.86 bits per heavy atom. The molecule has 1 fully saturated rings. The van der Waals surface area contributed by atoms with Crippen molar-refractivity contribution >= 4 is 5.91 Å². The van der Waals surface area contributed by atoms with E-state index in [1.165, 1.54) is 5.56 Å². The van der Waals surface area contributed by atoms with Gasteiger partial charge >= 0.3 is 0 Å². The van der Waals surface area contributed by atoms with Crippen LogP contribution >= 0.6 is 0 Å². The molecule has 3 nitrogen and oxygen atoms in total. The molecule has 0 aliphatic heterocycles. The van der Waals surface area contributed by atoms with Crippen molar-refractivity contribution in [1.82, 2.24) is 5.32 Å². The topological polar surface area (TPSA) is 38.3 Å². The molecule has 1 amide bonds. The molecule has 2 aromatic rings. The summed E-state index contributed by atoms with van der Waals surface area (Å²) in [4.78, 5) is 11.5. The number of benzene rings is 2. The highest BCUT2D eigenvalue weighted by Crippen LogP contribution is 2.47. The molecule has 2 aromatic carbocycles. The molecule has 0 bridgehead atoms. The van der Waals surface area contributed by atoms with Crippen LogP contribution in [-0.2, 0) is 11.4 Å². The Morgan fingerprint density at radius 3 is 2.52 bits per heavy atom. The summed E-state index contributed by atoms with van der Waals surface area (Å²) in [5.74, 6) is 1.52. The van der Waals surface area contributed by atoms with Crippen LogP contribution in [0, 0.1) is 5.92 Å². The maximum Gasteiger partial charge on any atom is 0.223 e. The lowest BCUT2D eigenvalue weighted by Crippen LogP contribution is -2.20. The van der Waals surface area contributed by atoms with Gasteiger partial charge in [0.15, 0.2) is 0 Å². The number of carbonyl (C=O) groups is 1. The molecule has 1 aliphatic rings. The van der Waals surface area contributed by atoms with Gasteiger partial charge in [-0.3, -0.25) is 4.79 Å². The fourth-order valence-corrected chi connectivity index (χ4v) is 2.59. The van der Waals surface area contributed by atoms with Crippen molar-refractivity contribution in [2.75, 3.05) is 7.05 Å². The van der Waals surface area contributed by atoms with Crippen LogP contribution < -0.4 is 10.1 Å². The maximum atomic E-state index is 11.5. The van der Waals surface area contributed by atoms with Gasteiger partial charge < -0.3 is 10.1 Å². The van der Waals surface area contributed by atoms with Gasteiger partial charge in [-0.05, 0) is 35.6 Å². The van der Waals surface area contributed by atoms with Crippen LogP contribution in [0.4, 0.5) is 0 Å². The quantitative estimate of drug-likeness (QED) is 0.914. The first-order valence-corrected chi connectivity index (χ1v) is 7.26. The number of rotatable bonds is 5. The minimum Gasteiger partial charge on any atom is -0.489 e. The lowest BCUT2D eigenvalue weighted by molar-refractivity contribution is -0.121. The van der Waals surface area contributed by atoms with Crippen molar-refractivity contribution < 1.29 is 9.53 Å². The first kappa shape index (κ1) is 13.7. The predicted molar refractivity (Wildman–Crippen MR) is 82.1 cm³/mol. The molecule has 3 rings (SSSR count). The van der Waals surface area contributed by atoms with Crippen molar-refractivity contribution in [1.29, 1.82) is 0 Å². The Bertz CT molecular complexity index is 607. The number of carbonyl (C=O) groups excluding carboxylic acids is 1. The van der Waals surface area contributed by atoms with Gasteiger partial charge in [0.05, 0.1) is 0 Å². The highest BCUT2D eigenvalue weighted by Gasteiger charge is 2.43. The summed E-state index contributed by atoms with van der Waals surface area (Å²) < 4.78 is 5.76. The maximum absolute atomic E-state index is 11.5. The zero-order valence-corrected chi connectivity index (χ0v) is 12.1. The highest BCUT2D eigenvalue weighted by molar-refractivity contribution is 5.82. The average Bonchev–Trinajstić information content (AvgIpc) is 3.34. The molecule has 2 atom stereocenters. The van der Waals surface area contributed by atoms with Gasteiger partial charge in [0.2, 0.25) is 5.91 Å². The second kappa shape index (κ2) is 6.00. The summed E-state index contributed by atoms with van der Waals surface area (Å²) in [6, 6.07) is 18.2. The van der Waals surface area contributed by atoms with E-state index in [2.05, 4.69) is 17.4 Å². The molecule has 21 heavy (non-hydrogen) atoms. The molecule has 0 radical (unpaired) electrons. The molecule has 1 saturated carbocycles. The molecule has 0 heterocycles. The Balaban J connectivity index is 1.57. The number of hydrogen-bond donors (Lipinski definition) is 1. The van der Waals surface area contributed by atoms with Crippen molar-refractivity contribution in [3.05, 3.63) is 65.7 Å². The summed E-state index contributed by atoms with van der Waals surface area (Å²) in [6.45, 7) is 0.574. The fraction of sp³-hybridized carbons (Fsp3) is 0.278. The minimum atomic E-state index is 0.143. The normalized spacial score (nSPS) is 19.9. The van der Waals surface area contributed by atoms with E-state index in [9.17, 15) is 4.79 Å². The molecule has 0 unspecified atom stereocenters. The Kier molecular flexibility index (Phi) is 3.91. The van der Waals surface area contributed by atoms with E-state index in [1.54, 1.807) is 7.05 Å². The van der Waals surface area contributed by atoms with Crippen LogP contribution in [-0.4, -0.2) is 13.0 Å². The Hall–Kier alpha value is -2.29. The molecule has 0 spiro atoms. The van der Waals surface area contributed by atoms with E-state index in [0.29, 0.717) is 12.5 Å². The third-order valence-corrected chi connectivity index (χ3v) is 3.93. The lowest BCUT2D eigenvalue weighted by atomic mass is 10.1. The van der Waals surface area contributed by atoms with E-state index in [0.717, 1.165) is 17.7 Å². The molecular formula is C18H19NO2. The van der Waals surface area contributed by atoms with Gasteiger partial charge in [0.1, 0.15) is 12.4 Å². The molecule has 3 heteroatoms. The van der Waals surface area contributed by atoms with Gasteiger partial charge in [-0.25, -0.2) is 0 Å². The highest BCUT2D eigenvalue weighted by atomic mass is 16.5. The monoisotopic (exact) mass is 281 g/mol. The van der Waals surface area contributed by atoms with Crippen LogP contribution in [0.1, 0.15) is 23.5 Å². The molecule has 0 aromatic heterocycles. The summed E-state index contributed by atoms with van der Waals surface area (Å²) in [5.41, 5.74) is 2.37. The van der Waals surface area contributed by atoms with Crippen LogP contribution in [0.2, 0.25) is 0 Å². The summed E-state index contributed by atoms with van der Waals surface area (Å²) in [7, 11) is 1.69. The zero-order chi connectivity index (χ0) is 14.7. The van der Waals surface area contributed by atoms with E-state index >= 15 is 0 Å². The standard InChI is InChI=1S/C18H19NO2/c1-19-18(20)17-11-16(17)14-7-9-15(10-8-14)21-12-13-5-3-2-4-6-13/h2-10,16-17H,11-12H2,1H3,(H,19,20)/t16-,17-/m0/s1. The SMILES string of the molecule is CNC(=O)[C@H]1C[C@H]1c1ccc(OCc2ccccc2)cc1. The van der Waals surface area contributed by atoms with E-state index in [-0.39, 0.29) is 11.8 Å².